The highest BCUT2D eigenvalue weighted by atomic mass is 16.5. The lowest BCUT2D eigenvalue weighted by molar-refractivity contribution is 0.1000. The molecule has 92 valence electrons. The molecule has 5 heteroatoms. The minimum atomic E-state index is -0.507. The van der Waals surface area contributed by atoms with Gasteiger partial charge in [0, 0.05) is 25.0 Å². The Kier molecular flexibility index (Phi) is 3.43. The Bertz CT molecular complexity index is 535. The first kappa shape index (κ1) is 11.9. The molecule has 0 radical (unpaired) electrons. The van der Waals surface area contributed by atoms with Gasteiger partial charge in [-0.25, -0.2) is 4.98 Å². The van der Waals surface area contributed by atoms with Crippen molar-refractivity contribution in [1.29, 1.82) is 0 Å². The first-order valence-corrected chi connectivity index (χ1v) is 5.40. The van der Waals surface area contributed by atoms with Gasteiger partial charge >= 0.3 is 0 Å². The summed E-state index contributed by atoms with van der Waals surface area (Å²) < 4.78 is 5.52. The van der Waals surface area contributed by atoms with Crippen molar-refractivity contribution in [2.45, 2.75) is 0 Å². The van der Waals surface area contributed by atoms with Crippen LogP contribution in [0, 0.1) is 0 Å². The number of carbonyl (C=O) groups excluding carboxylic acids is 1. The van der Waals surface area contributed by atoms with Crippen LogP contribution < -0.4 is 15.8 Å². The van der Waals surface area contributed by atoms with Crippen LogP contribution in [0.1, 0.15) is 10.4 Å². The molecule has 0 aliphatic rings. The summed E-state index contributed by atoms with van der Waals surface area (Å²) in [5.74, 6) is 0.581. The average molecular weight is 243 g/mol. The number of pyridine rings is 1. The van der Waals surface area contributed by atoms with Gasteiger partial charge in [-0.1, -0.05) is 0 Å². The highest BCUT2D eigenvalue weighted by Crippen LogP contribution is 2.21. The summed E-state index contributed by atoms with van der Waals surface area (Å²) in [6, 6.07) is 10.6. The number of hydrogen-bond acceptors (Lipinski definition) is 4. The van der Waals surface area contributed by atoms with Crippen LogP contribution in [-0.2, 0) is 0 Å². The Morgan fingerprint density at radius 2 is 1.94 bits per heavy atom. The number of aromatic nitrogens is 1. The number of ether oxygens (including phenoxy) is 1. The summed E-state index contributed by atoms with van der Waals surface area (Å²) in [7, 11) is 1.85. The van der Waals surface area contributed by atoms with E-state index >= 15 is 0 Å². The normalized spacial score (nSPS) is 9.83. The van der Waals surface area contributed by atoms with E-state index in [0.717, 1.165) is 5.69 Å². The largest absolute Gasteiger partial charge is 0.439 e. The number of primary amides is 1. The summed E-state index contributed by atoms with van der Waals surface area (Å²) in [6.45, 7) is 0. The highest BCUT2D eigenvalue weighted by molar-refractivity contribution is 5.92. The summed E-state index contributed by atoms with van der Waals surface area (Å²) in [6.07, 6.45) is 1.39. The van der Waals surface area contributed by atoms with Crippen molar-refractivity contribution < 1.29 is 9.53 Å². The third-order valence-electron chi connectivity index (χ3n) is 2.39. The van der Waals surface area contributed by atoms with Crippen LogP contribution in [0.2, 0.25) is 0 Å². The second-order valence-electron chi connectivity index (χ2n) is 3.63. The molecule has 0 saturated heterocycles. The van der Waals surface area contributed by atoms with E-state index in [1.807, 2.05) is 31.3 Å². The zero-order valence-corrected chi connectivity index (χ0v) is 9.88. The van der Waals surface area contributed by atoms with E-state index in [1.165, 1.54) is 6.20 Å². The standard InChI is InChI=1S/C13H13N3O2/c1-15-10-3-5-11(6-4-10)18-12-7-2-9(8-16-12)13(14)17/h2-8,15H,1H3,(H2,14,17). The van der Waals surface area contributed by atoms with Gasteiger partial charge < -0.3 is 15.8 Å². The zero-order chi connectivity index (χ0) is 13.0. The van der Waals surface area contributed by atoms with Gasteiger partial charge in [-0.15, -0.1) is 0 Å². The maximum atomic E-state index is 10.9. The third kappa shape index (κ3) is 2.76. The average Bonchev–Trinajstić information content (AvgIpc) is 2.40. The summed E-state index contributed by atoms with van der Waals surface area (Å²) in [5, 5.41) is 3.02. The molecule has 1 aromatic carbocycles. The quantitative estimate of drug-likeness (QED) is 0.861. The Morgan fingerprint density at radius 3 is 2.44 bits per heavy atom. The molecule has 2 rings (SSSR count). The molecule has 0 aliphatic heterocycles. The van der Waals surface area contributed by atoms with E-state index in [-0.39, 0.29) is 0 Å². The number of rotatable bonds is 4. The zero-order valence-electron chi connectivity index (χ0n) is 9.88. The van der Waals surface area contributed by atoms with Gasteiger partial charge in [0.2, 0.25) is 11.8 Å². The molecule has 5 nitrogen and oxygen atoms in total. The predicted octanol–water partition coefficient (Wildman–Crippen LogP) is 2.01. The van der Waals surface area contributed by atoms with Gasteiger partial charge in [0.15, 0.2) is 0 Å². The molecule has 0 atom stereocenters. The molecule has 2 aromatic rings. The Hall–Kier alpha value is -2.56. The smallest absolute Gasteiger partial charge is 0.250 e. The summed E-state index contributed by atoms with van der Waals surface area (Å²) >= 11 is 0. The molecule has 0 aliphatic carbocycles. The molecule has 0 unspecified atom stereocenters. The lowest BCUT2D eigenvalue weighted by Gasteiger charge is -2.06. The van der Waals surface area contributed by atoms with Crippen LogP contribution in [0.3, 0.4) is 0 Å². The minimum absolute atomic E-state index is 0.355. The maximum absolute atomic E-state index is 10.9. The maximum Gasteiger partial charge on any atom is 0.250 e. The second-order valence-corrected chi connectivity index (χ2v) is 3.63. The van der Waals surface area contributed by atoms with Gasteiger partial charge in [0.1, 0.15) is 5.75 Å². The molecule has 1 aromatic heterocycles. The summed E-state index contributed by atoms with van der Waals surface area (Å²) in [4.78, 5) is 14.9. The van der Waals surface area contributed by atoms with Crippen molar-refractivity contribution in [2.75, 3.05) is 12.4 Å². The van der Waals surface area contributed by atoms with E-state index in [2.05, 4.69) is 10.3 Å². The molecule has 0 spiro atoms. The van der Waals surface area contributed by atoms with Crippen LogP contribution in [0.25, 0.3) is 0 Å². The topological polar surface area (TPSA) is 77.2 Å². The second kappa shape index (κ2) is 5.18. The lowest BCUT2D eigenvalue weighted by atomic mass is 10.3. The molecular weight excluding hydrogens is 230 g/mol. The number of amides is 1. The molecule has 3 N–H and O–H groups in total. The van der Waals surface area contributed by atoms with Crippen LogP contribution in [0.15, 0.2) is 42.6 Å². The minimum Gasteiger partial charge on any atom is -0.439 e. The monoisotopic (exact) mass is 243 g/mol. The van der Waals surface area contributed by atoms with Crippen molar-refractivity contribution in [3.05, 3.63) is 48.2 Å². The number of benzene rings is 1. The van der Waals surface area contributed by atoms with Gasteiger partial charge in [-0.05, 0) is 30.3 Å². The number of nitrogens with one attached hydrogen (secondary N) is 1. The number of hydrogen-bond donors (Lipinski definition) is 2. The fourth-order valence-electron chi connectivity index (χ4n) is 1.40. The van der Waals surface area contributed by atoms with Crippen molar-refractivity contribution in [2.24, 2.45) is 5.73 Å². The fraction of sp³-hybridized carbons (Fsp3) is 0.0769. The van der Waals surface area contributed by atoms with E-state index in [0.29, 0.717) is 17.2 Å². The highest BCUT2D eigenvalue weighted by Gasteiger charge is 2.02. The number of anilines is 1. The molecular formula is C13H13N3O2. The predicted molar refractivity (Wildman–Crippen MR) is 68.8 cm³/mol. The first-order chi connectivity index (χ1) is 8.69. The summed E-state index contributed by atoms with van der Waals surface area (Å²) in [5.41, 5.74) is 6.48. The molecule has 18 heavy (non-hydrogen) atoms. The van der Waals surface area contributed by atoms with Crippen molar-refractivity contribution >= 4 is 11.6 Å². The Morgan fingerprint density at radius 1 is 1.22 bits per heavy atom. The Balaban J connectivity index is 2.10. The molecule has 0 bridgehead atoms. The number of nitrogens with two attached hydrogens (primary N) is 1. The van der Waals surface area contributed by atoms with E-state index in [1.54, 1.807) is 12.1 Å². The molecule has 1 amide bonds. The van der Waals surface area contributed by atoms with Crippen LogP contribution in [0.4, 0.5) is 5.69 Å². The molecule has 0 fully saturated rings. The van der Waals surface area contributed by atoms with Gasteiger partial charge in [0.05, 0.1) is 5.56 Å². The SMILES string of the molecule is CNc1ccc(Oc2ccc(C(N)=O)cn2)cc1. The van der Waals surface area contributed by atoms with Crippen LogP contribution in [-0.4, -0.2) is 17.9 Å². The van der Waals surface area contributed by atoms with Crippen molar-refractivity contribution in [1.82, 2.24) is 4.98 Å². The van der Waals surface area contributed by atoms with Gasteiger partial charge in [0.25, 0.3) is 0 Å². The molecule has 0 saturated carbocycles. The van der Waals surface area contributed by atoms with E-state index < -0.39 is 5.91 Å². The number of carbonyl (C=O) groups is 1. The van der Waals surface area contributed by atoms with Crippen molar-refractivity contribution in [3.63, 3.8) is 0 Å². The van der Waals surface area contributed by atoms with E-state index in [9.17, 15) is 4.79 Å². The van der Waals surface area contributed by atoms with E-state index in [4.69, 9.17) is 10.5 Å². The van der Waals surface area contributed by atoms with Crippen LogP contribution in [0.5, 0.6) is 11.6 Å². The Labute approximate surface area is 105 Å². The number of nitrogens with zero attached hydrogens (tertiary/aromatic N) is 1. The van der Waals surface area contributed by atoms with Crippen LogP contribution >= 0.6 is 0 Å². The molecule has 1 heterocycles. The first-order valence-electron chi connectivity index (χ1n) is 5.40. The van der Waals surface area contributed by atoms with Crippen molar-refractivity contribution in [3.8, 4) is 11.6 Å². The van der Waals surface area contributed by atoms with Gasteiger partial charge in [-0.2, -0.15) is 0 Å². The lowest BCUT2D eigenvalue weighted by Crippen LogP contribution is -2.10. The fourth-order valence-corrected chi connectivity index (χ4v) is 1.40. The van der Waals surface area contributed by atoms with Gasteiger partial charge in [-0.3, -0.25) is 4.79 Å². The third-order valence-corrected chi connectivity index (χ3v) is 2.39.